The Morgan fingerprint density at radius 3 is 2.92 bits per heavy atom. The first-order valence-electron chi connectivity index (χ1n) is 8.87. The predicted octanol–water partition coefficient (Wildman–Crippen LogP) is 3.10. The van der Waals surface area contributed by atoms with Gasteiger partial charge in [0.15, 0.2) is 5.78 Å². The van der Waals surface area contributed by atoms with E-state index in [-0.39, 0.29) is 17.1 Å². The third-order valence-corrected chi connectivity index (χ3v) is 6.09. The molecule has 0 saturated heterocycles. The zero-order valence-electron chi connectivity index (χ0n) is 15.1. The average molecular weight is 332 g/mol. The van der Waals surface area contributed by atoms with Crippen molar-refractivity contribution < 1.29 is 14.6 Å². The van der Waals surface area contributed by atoms with Crippen LogP contribution in [0.2, 0.25) is 0 Å². The summed E-state index contributed by atoms with van der Waals surface area (Å²) in [4.78, 5) is 17.4. The van der Waals surface area contributed by atoms with E-state index in [1.54, 1.807) is 7.11 Å². The number of carbonyl (C=O) groups is 1. The van der Waals surface area contributed by atoms with Crippen LogP contribution in [-0.4, -0.2) is 34.2 Å². The molecule has 1 aromatic heterocycles. The Morgan fingerprint density at radius 1 is 1.50 bits per heavy atom. The largest absolute Gasteiger partial charge is 0.515 e. The van der Waals surface area contributed by atoms with Crippen LogP contribution in [0, 0.1) is 18.8 Å². The van der Waals surface area contributed by atoms with E-state index in [4.69, 9.17) is 9.72 Å². The van der Waals surface area contributed by atoms with Gasteiger partial charge in [-0.1, -0.05) is 13.8 Å². The first kappa shape index (κ1) is 17.2. The highest BCUT2D eigenvalue weighted by atomic mass is 16.5. The van der Waals surface area contributed by atoms with Crippen LogP contribution in [-0.2, 0) is 27.9 Å². The normalized spacial score (nSPS) is 31.2. The molecule has 1 aromatic rings. The number of methoxy groups -OCH3 is 1. The number of fused-ring (bicyclic) bond motifs is 3. The van der Waals surface area contributed by atoms with Crippen LogP contribution in [0.3, 0.4) is 0 Å². The van der Waals surface area contributed by atoms with E-state index in [0.29, 0.717) is 17.9 Å². The lowest BCUT2D eigenvalue weighted by Gasteiger charge is -2.47. The van der Waals surface area contributed by atoms with Crippen LogP contribution >= 0.6 is 0 Å². The minimum atomic E-state index is -0.174. The maximum Gasteiger partial charge on any atom is 0.165 e. The molecule has 1 heterocycles. The number of carbonyl (C=O) groups excluding carboxylic acids is 1. The Morgan fingerprint density at radius 2 is 2.25 bits per heavy atom. The third kappa shape index (κ3) is 2.50. The zero-order chi connectivity index (χ0) is 17.5. The number of aliphatic hydroxyl groups excluding tert-OH is 1. The summed E-state index contributed by atoms with van der Waals surface area (Å²) in [7, 11) is 1.73. The second-order valence-electron chi connectivity index (χ2n) is 7.50. The van der Waals surface area contributed by atoms with Crippen molar-refractivity contribution in [3.05, 3.63) is 29.0 Å². The number of allylic oxidation sites excluding steroid dienone is 1. The van der Waals surface area contributed by atoms with Crippen molar-refractivity contribution in [2.45, 2.75) is 58.4 Å². The molecular weight excluding hydrogens is 304 g/mol. The van der Waals surface area contributed by atoms with Crippen LogP contribution < -0.4 is 0 Å². The van der Waals surface area contributed by atoms with Gasteiger partial charge in [0.25, 0.3) is 0 Å². The lowest BCUT2D eigenvalue weighted by atomic mass is 9.56. The summed E-state index contributed by atoms with van der Waals surface area (Å²) >= 11 is 0. The first-order chi connectivity index (χ1) is 11.4. The van der Waals surface area contributed by atoms with Crippen molar-refractivity contribution in [1.29, 1.82) is 0 Å². The van der Waals surface area contributed by atoms with E-state index < -0.39 is 0 Å². The predicted molar refractivity (Wildman–Crippen MR) is 92.1 cm³/mol. The molecule has 5 nitrogen and oxygen atoms in total. The van der Waals surface area contributed by atoms with Crippen LogP contribution in [0.5, 0.6) is 0 Å². The van der Waals surface area contributed by atoms with E-state index in [0.717, 1.165) is 50.2 Å². The molecule has 1 N–H and O–H groups in total. The standard InChI is InChI=1S/C19H28N2O3/c1-12-15-6-7-16-18(19(15,3)10-14(11-22)17(12)23)20-13(2)21(16)8-5-9-24-4/h11-12,15,22H,5-10H2,1-4H3/b14-11-/t12-,15-,19-/m0/s1. The van der Waals surface area contributed by atoms with Crippen LogP contribution in [0.1, 0.15) is 50.3 Å². The fourth-order valence-corrected chi connectivity index (χ4v) is 4.85. The smallest absolute Gasteiger partial charge is 0.165 e. The molecule has 132 valence electrons. The number of ketones is 1. The van der Waals surface area contributed by atoms with Crippen molar-refractivity contribution in [2.75, 3.05) is 13.7 Å². The van der Waals surface area contributed by atoms with E-state index >= 15 is 0 Å². The number of nitrogens with zero attached hydrogens (tertiary/aromatic N) is 2. The second-order valence-corrected chi connectivity index (χ2v) is 7.50. The molecule has 2 aliphatic carbocycles. The topological polar surface area (TPSA) is 64.4 Å². The molecule has 0 bridgehead atoms. The Balaban J connectivity index is 2.00. The van der Waals surface area contributed by atoms with E-state index in [2.05, 4.69) is 18.4 Å². The van der Waals surface area contributed by atoms with Crippen LogP contribution in [0.25, 0.3) is 0 Å². The molecule has 0 aromatic carbocycles. The third-order valence-electron chi connectivity index (χ3n) is 6.09. The minimum absolute atomic E-state index is 0.0609. The Kier molecular flexibility index (Phi) is 4.56. The summed E-state index contributed by atoms with van der Waals surface area (Å²) in [5.74, 6) is 1.37. The maximum atomic E-state index is 12.4. The Bertz CT molecular complexity index is 676. The fraction of sp³-hybridized carbons (Fsp3) is 0.684. The van der Waals surface area contributed by atoms with Gasteiger partial charge in [0.1, 0.15) is 5.82 Å². The lowest BCUT2D eigenvalue weighted by molar-refractivity contribution is -0.124. The number of hydrogen-bond donors (Lipinski definition) is 1. The SMILES string of the molecule is COCCCn1c(C)nc2c1CC[C@H]1[C@H](C)C(=O)/C(=C\O)C[C@]21C. The summed E-state index contributed by atoms with van der Waals surface area (Å²) in [6, 6.07) is 0. The van der Waals surface area contributed by atoms with Gasteiger partial charge in [0, 0.05) is 42.9 Å². The van der Waals surface area contributed by atoms with Gasteiger partial charge in [-0.25, -0.2) is 4.98 Å². The highest BCUT2D eigenvalue weighted by Crippen LogP contribution is 2.52. The van der Waals surface area contributed by atoms with Crippen LogP contribution in [0.15, 0.2) is 11.8 Å². The fourth-order valence-electron chi connectivity index (χ4n) is 4.85. The van der Waals surface area contributed by atoms with Crippen molar-refractivity contribution in [1.82, 2.24) is 9.55 Å². The van der Waals surface area contributed by atoms with E-state index in [9.17, 15) is 9.90 Å². The molecule has 0 unspecified atom stereocenters. The molecule has 1 saturated carbocycles. The summed E-state index contributed by atoms with van der Waals surface area (Å²) < 4.78 is 7.50. The lowest BCUT2D eigenvalue weighted by Crippen LogP contribution is -2.48. The van der Waals surface area contributed by atoms with Gasteiger partial charge in [0.05, 0.1) is 12.0 Å². The van der Waals surface area contributed by atoms with Crippen LogP contribution in [0.4, 0.5) is 0 Å². The summed E-state index contributed by atoms with van der Waals surface area (Å²) in [6.07, 6.45) is 4.54. The first-order valence-corrected chi connectivity index (χ1v) is 8.87. The average Bonchev–Trinajstić information content (AvgIpc) is 2.89. The molecule has 24 heavy (non-hydrogen) atoms. The molecular formula is C19H28N2O3. The van der Waals surface area contributed by atoms with Gasteiger partial charge in [-0.3, -0.25) is 4.79 Å². The zero-order valence-corrected chi connectivity index (χ0v) is 15.1. The van der Waals surface area contributed by atoms with Gasteiger partial charge in [-0.2, -0.15) is 0 Å². The Hall–Kier alpha value is -1.62. The van der Waals surface area contributed by atoms with E-state index in [1.165, 1.54) is 5.69 Å². The summed E-state index contributed by atoms with van der Waals surface area (Å²) in [6.45, 7) is 7.94. The molecule has 1 fully saturated rings. The van der Waals surface area contributed by atoms with Crippen molar-refractivity contribution in [3.63, 3.8) is 0 Å². The van der Waals surface area contributed by atoms with Crippen molar-refractivity contribution >= 4 is 5.78 Å². The number of hydrogen-bond acceptors (Lipinski definition) is 4. The molecule has 0 aliphatic heterocycles. The van der Waals surface area contributed by atoms with Gasteiger partial charge in [-0.05, 0) is 38.5 Å². The summed E-state index contributed by atoms with van der Waals surface area (Å²) in [5, 5.41) is 9.51. The number of rotatable bonds is 4. The quantitative estimate of drug-likeness (QED) is 0.523. The number of aliphatic hydroxyl groups is 1. The molecule has 2 aliphatic rings. The number of ether oxygens (including phenoxy) is 1. The van der Waals surface area contributed by atoms with Crippen molar-refractivity contribution in [2.24, 2.45) is 11.8 Å². The molecule has 3 rings (SSSR count). The Labute approximate surface area is 143 Å². The molecule has 3 atom stereocenters. The monoisotopic (exact) mass is 332 g/mol. The molecule has 0 radical (unpaired) electrons. The number of aryl methyl sites for hydroxylation is 1. The second kappa shape index (κ2) is 6.36. The highest BCUT2D eigenvalue weighted by Gasteiger charge is 2.51. The van der Waals surface area contributed by atoms with Crippen molar-refractivity contribution in [3.8, 4) is 0 Å². The minimum Gasteiger partial charge on any atom is -0.515 e. The number of aromatic nitrogens is 2. The molecule has 0 spiro atoms. The van der Waals surface area contributed by atoms with Gasteiger partial charge >= 0.3 is 0 Å². The van der Waals surface area contributed by atoms with Gasteiger partial charge in [0.2, 0.25) is 0 Å². The molecule has 0 amide bonds. The number of imidazole rings is 1. The molecule has 5 heteroatoms. The number of Topliss-reactive ketones (excluding diaryl/α,β-unsaturated/α-hetero) is 1. The summed E-state index contributed by atoms with van der Waals surface area (Å²) in [5.41, 5.74) is 2.81. The van der Waals surface area contributed by atoms with E-state index in [1.807, 2.05) is 6.92 Å². The maximum absolute atomic E-state index is 12.4. The van der Waals surface area contributed by atoms with Gasteiger partial charge < -0.3 is 14.4 Å². The highest BCUT2D eigenvalue weighted by molar-refractivity contribution is 5.98. The van der Waals surface area contributed by atoms with Gasteiger partial charge in [-0.15, -0.1) is 0 Å².